The quantitative estimate of drug-likeness (QED) is 0.735. The molecule has 0 saturated heterocycles. The predicted molar refractivity (Wildman–Crippen MR) is 83.9 cm³/mol. The second-order valence-electron chi connectivity index (χ2n) is 6.53. The van der Waals surface area contributed by atoms with Crippen LogP contribution < -0.4 is 5.32 Å². The number of carbonyl (C=O) groups is 1. The van der Waals surface area contributed by atoms with Gasteiger partial charge in [-0.2, -0.15) is 0 Å². The van der Waals surface area contributed by atoms with Crippen molar-refractivity contribution in [3.63, 3.8) is 0 Å². The minimum atomic E-state index is -0.848. The molecule has 1 amide bonds. The topological polar surface area (TPSA) is 67.2 Å². The van der Waals surface area contributed by atoms with E-state index in [1.807, 2.05) is 10.8 Å². The van der Waals surface area contributed by atoms with Crippen molar-refractivity contribution in [1.82, 2.24) is 14.9 Å². The lowest BCUT2D eigenvalue weighted by molar-refractivity contribution is -0.123. The molecule has 2 N–H and O–H groups in total. The summed E-state index contributed by atoms with van der Waals surface area (Å²) >= 11 is 0. The fourth-order valence-corrected chi connectivity index (χ4v) is 2.70. The number of amides is 1. The van der Waals surface area contributed by atoms with E-state index in [2.05, 4.69) is 31.1 Å². The Morgan fingerprint density at radius 1 is 1.48 bits per heavy atom. The van der Waals surface area contributed by atoms with E-state index in [1.54, 1.807) is 19.4 Å². The van der Waals surface area contributed by atoms with Crippen molar-refractivity contribution < 1.29 is 9.90 Å². The molecule has 0 radical (unpaired) electrons. The Balaban J connectivity index is 2.47. The third-order valence-electron chi connectivity index (χ3n) is 3.50. The van der Waals surface area contributed by atoms with Gasteiger partial charge in [0.1, 0.15) is 0 Å². The first-order valence-corrected chi connectivity index (χ1v) is 7.80. The molecule has 0 saturated carbocycles. The molecule has 1 heterocycles. The van der Waals surface area contributed by atoms with Crippen LogP contribution in [-0.2, 0) is 4.79 Å². The molecule has 5 heteroatoms. The van der Waals surface area contributed by atoms with E-state index < -0.39 is 5.60 Å². The largest absolute Gasteiger partial charge is 0.388 e. The number of nitrogens with one attached hydrogen (secondary N) is 1. The second-order valence-corrected chi connectivity index (χ2v) is 6.53. The van der Waals surface area contributed by atoms with Crippen LogP contribution in [0, 0.1) is 5.92 Å². The van der Waals surface area contributed by atoms with Crippen LogP contribution in [0.15, 0.2) is 18.7 Å². The lowest BCUT2D eigenvalue weighted by Crippen LogP contribution is -2.42. The minimum absolute atomic E-state index is 0.0221. The lowest BCUT2D eigenvalue weighted by atomic mass is 9.94. The summed E-state index contributed by atoms with van der Waals surface area (Å²) in [6, 6.07) is 0.132. The van der Waals surface area contributed by atoms with Crippen molar-refractivity contribution in [2.45, 2.75) is 65.0 Å². The fraction of sp³-hybridized carbons (Fsp3) is 0.750. The SMILES string of the molecule is CCCC(CC(=O)NCC(C)(O)CC(C)C)n1ccnc1. The summed E-state index contributed by atoms with van der Waals surface area (Å²) in [5, 5.41) is 13.1. The smallest absolute Gasteiger partial charge is 0.222 e. The molecule has 0 bridgehead atoms. The van der Waals surface area contributed by atoms with Gasteiger partial charge in [-0.05, 0) is 25.7 Å². The van der Waals surface area contributed by atoms with Crippen LogP contribution in [0.1, 0.15) is 59.4 Å². The summed E-state index contributed by atoms with van der Waals surface area (Å²) in [7, 11) is 0. The maximum absolute atomic E-state index is 12.1. The average Bonchev–Trinajstić information content (AvgIpc) is 2.88. The molecule has 0 aliphatic carbocycles. The summed E-state index contributed by atoms with van der Waals surface area (Å²) in [4.78, 5) is 16.1. The van der Waals surface area contributed by atoms with Crippen LogP contribution in [0.2, 0.25) is 0 Å². The van der Waals surface area contributed by atoms with Crippen molar-refractivity contribution in [2.24, 2.45) is 5.92 Å². The van der Waals surface area contributed by atoms with Crippen molar-refractivity contribution in [3.8, 4) is 0 Å². The van der Waals surface area contributed by atoms with Gasteiger partial charge in [0.15, 0.2) is 0 Å². The monoisotopic (exact) mass is 295 g/mol. The van der Waals surface area contributed by atoms with E-state index in [9.17, 15) is 9.90 Å². The summed E-state index contributed by atoms with van der Waals surface area (Å²) < 4.78 is 1.98. The number of carbonyl (C=O) groups excluding carboxylic acids is 1. The molecular weight excluding hydrogens is 266 g/mol. The Morgan fingerprint density at radius 2 is 2.19 bits per heavy atom. The maximum atomic E-state index is 12.1. The minimum Gasteiger partial charge on any atom is -0.388 e. The molecule has 0 fully saturated rings. The van der Waals surface area contributed by atoms with Crippen LogP contribution in [-0.4, -0.2) is 32.7 Å². The molecule has 5 nitrogen and oxygen atoms in total. The van der Waals surface area contributed by atoms with Gasteiger partial charge >= 0.3 is 0 Å². The van der Waals surface area contributed by atoms with Crippen molar-refractivity contribution >= 4 is 5.91 Å². The zero-order valence-corrected chi connectivity index (χ0v) is 13.7. The maximum Gasteiger partial charge on any atom is 0.222 e. The van der Waals surface area contributed by atoms with Gasteiger partial charge in [-0.15, -0.1) is 0 Å². The zero-order chi connectivity index (χ0) is 15.9. The molecule has 1 rings (SSSR count). The Bertz CT molecular complexity index is 413. The highest BCUT2D eigenvalue weighted by Crippen LogP contribution is 2.18. The van der Waals surface area contributed by atoms with E-state index in [0.29, 0.717) is 25.3 Å². The van der Waals surface area contributed by atoms with Gasteiger partial charge in [0, 0.05) is 31.4 Å². The highest BCUT2D eigenvalue weighted by molar-refractivity contribution is 5.76. The first-order valence-electron chi connectivity index (χ1n) is 7.80. The number of aromatic nitrogens is 2. The number of nitrogens with zero attached hydrogens (tertiary/aromatic N) is 2. The molecule has 0 aliphatic heterocycles. The summed E-state index contributed by atoms with van der Waals surface area (Å²) in [6.07, 6.45) is 8.42. The van der Waals surface area contributed by atoms with Gasteiger partial charge in [0.25, 0.3) is 0 Å². The van der Waals surface area contributed by atoms with Gasteiger partial charge in [-0.25, -0.2) is 4.98 Å². The predicted octanol–water partition coefficient (Wildman–Crippen LogP) is 2.53. The van der Waals surface area contributed by atoms with E-state index >= 15 is 0 Å². The molecular formula is C16H29N3O2. The number of rotatable bonds is 9. The van der Waals surface area contributed by atoms with Gasteiger partial charge in [0.2, 0.25) is 5.91 Å². The molecule has 0 spiro atoms. The molecule has 2 unspecified atom stereocenters. The van der Waals surface area contributed by atoms with Crippen LogP contribution in [0.3, 0.4) is 0 Å². The molecule has 120 valence electrons. The molecule has 1 aromatic heterocycles. The van der Waals surface area contributed by atoms with Gasteiger partial charge < -0.3 is 15.0 Å². The highest BCUT2D eigenvalue weighted by Gasteiger charge is 2.23. The Hall–Kier alpha value is -1.36. The zero-order valence-electron chi connectivity index (χ0n) is 13.7. The van der Waals surface area contributed by atoms with Gasteiger partial charge in [0.05, 0.1) is 11.9 Å². The number of hydrogen-bond acceptors (Lipinski definition) is 3. The molecule has 21 heavy (non-hydrogen) atoms. The van der Waals surface area contributed by atoms with Crippen molar-refractivity contribution in [2.75, 3.05) is 6.54 Å². The Labute approximate surface area is 127 Å². The summed E-state index contributed by atoms with van der Waals surface area (Å²) in [6.45, 7) is 8.30. The molecule has 0 aromatic carbocycles. The highest BCUT2D eigenvalue weighted by atomic mass is 16.3. The van der Waals surface area contributed by atoms with Gasteiger partial charge in [-0.3, -0.25) is 4.79 Å². The van der Waals surface area contributed by atoms with Crippen LogP contribution in [0.4, 0.5) is 0 Å². The van der Waals surface area contributed by atoms with Gasteiger partial charge in [-0.1, -0.05) is 27.2 Å². The van der Waals surface area contributed by atoms with Crippen molar-refractivity contribution in [3.05, 3.63) is 18.7 Å². The fourth-order valence-electron chi connectivity index (χ4n) is 2.70. The summed E-state index contributed by atoms with van der Waals surface area (Å²) in [5.41, 5.74) is -0.848. The Kier molecular flexibility index (Phi) is 6.89. The third-order valence-corrected chi connectivity index (χ3v) is 3.50. The normalized spacial score (nSPS) is 15.7. The van der Waals surface area contributed by atoms with Crippen molar-refractivity contribution in [1.29, 1.82) is 0 Å². The Morgan fingerprint density at radius 3 is 2.71 bits per heavy atom. The van der Waals surface area contributed by atoms with Crippen LogP contribution in [0.25, 0.3) is 0 Å². The summed E-state index contributed by atoms with van der Waals surface area (Å²) in [5.74, 6) is 0.377. The third kappa shape index (κ3) is 6.76. The number of aliphatic hydroxyl groups is 1. The first-order chi connectivity index (χ1) is 9.84. The van der Waals surface area contributed by atoms with E-state index in [-0.39, 0.29) is 11.9 Å². The van der Waals surface area contributed by atoms with E-state index in [1.165, 1.54) is 0 Å². The van der Waals surface area contributed by atoms with E-state index in [4.69, 9.17) is 0 Å². The first kappa shape index (κ1) is 17.7. The van der Waals surface area contributed by atoms with Crippen LogP contribution >= 0.6 is 0 Å². The van der Waals surface area contributed by atoms with E-state index in [0.717, 1.165) is 12.8 Å². The number of imidazole rings is 1. The molecule has 2 atom stereocenters. The molecule has 0 aliphatic rings. The van der Waals surface area contributed by atoms with Crippen LogP contribution in [0.5, 0.6) is 0 Å². The number of hydrogen-bond donors (Lipinski definition) is 2. The average molecular weight is 295 g/mol. The second kappa shape index (κ2) is 8.17. The lowest BCUT2D eigenvalue weighted by Gasteiger charge is -2.26. The molecule has 1 aromatic rings. The standard InChI is InChI=1S/C16H29N3O2/c1-5-6-14(19-8-7-17-12-19)9-15(20)18-11-16(4,21)10-13(2)3/h7-8,12-14,21H,5-6,9-11H2,1-4H3,(H,18,20).